The smallest absolute Gasteiger partial charge is 0.355 e. The van der Waals surface area contributed by atoms with Crippen molar-refractivity contribution in [2.45, 2.75) is 111 Å². The Kier molecular flexibility index (Phi) is 9.22. The number of halogens is 3. The first kappa shape index (κ1) is 39.1. The SMILES string of the molecule is CC(C)(C)c1cc(-c2c3nc(c(C(F)(F)F)c4nc(c(-c5cc(C(C)(C)C)cc(C(C)(C)C)c5)c5ccc(cc6ccc2[nH]6)[nH]5)C=C4)C=C3)cc(C(C)(C)C)c1. The maximum absolute atomic E-state index is 15.4. The van der Waals surface area contributed by atoms with Crippen LogP contribution in [-0.2, 0) is 27.8 Å². The van der Waals surface area contributed by atoms with E-state index in [0.717, 1.165) is 66.6 Å². The summed E-state index contributed by atoms with van der Waals surface area (Å²) in [5.41, 5.74) is 9.97. The molecule has 0 aliphatic carbocycles. The highest BCUT2D eigenvalue weighted by molar-refractivity contribution is 5.94. The molecule has 0 radical (unpaired) electrons. The zero-order valence-corrected chi connectivity index (χ0v) is 34.7. The summed E-state index contributed by atoms with van der Waals surface area (Å²) in [6.07, 6.45) is 1.62. The number of fused-ring (bicyclic) bond motifs is 8. The van der Waals surface area contributed by atoms with Crippen molar-refractivity contribution in [1.82, 2.24) is 19.9 Å². The Bertz CT molecular complexity index is 2360. The van der Waals surface area contributed by atoms with Crippen molar-refractivity contribution in [3.8, 4) is 22.3 Å². The van der Waals surface area contributed by atoms with Crippen LogP contribution in [0.3, 0.4) is 0 Å². The lowest BCUT2D eigenvalue weighted by Gasteiger charge is -2.26. The van der Waals surface area contributed by atoms with E-state index in [9.17, 15) is 0 Å². The largest absolute Gasteiger partial charge is 0.420 e. The second-order valence-electron chi connectivity index (χ2n) is 19.5. The molecule has 7 heteroatoms. The molecule has 5 heterocycles. The molecular weight excluding hydrogens is 702 g/mol. The number of aromatic nitrogens is 4. The van der Waals surface area contributed by atoms with Crippen LogP contribution in [0.2, 0.25) is 0 Å². The van der Waals surface area contributed by atoms with Gasteiger partial charge < -0.3 is 9.97 Å². The molecule has 3 aromatic heterocycles. The highest BCUT2D eigenvalue weighted by Crippen LogP contribution is 2.42. The summed E-state index contributed by atoms with van der Waals surface area (Å²) in [6, 6.07) is 23.1. The number of hydrogen-bond donors (Lipinski definition) is 2. The molecule has 0 amide bonds. The fourth-order valence-electron chi connectivity index (χ4n) is 7.31. The topological polar surface area (TPSA) is 57.4 Å². The van der Waals surface area contributed by atoms with Crippen LogP contribution in [0.1, 0.15) is 134 Å². The molecule has 2 aliphatic rings. The van der Waals surface area contributed by atoms with Crippen LogP contribution in [0.15, 0.2) is 66.7 Å². The second kappa shape index (κ2) is 13.2. The van der Waals surface area contributed by atoms with Gasteiger partial charge in [0, 0.05) is 33.2 Å². The molecule has 0 saturated heterocycles. The van der Waals surface area contributed by atoms with Crippen LogP contribution in [0, 0.1) is 0 Å². The molecule has 0 atom stereocenters. The standard InChI is InChI=1S/C49H53F3N4/c1-45(2,3)30-21-28(22-31(25-30)46(4,5)6)42-36-15-13-34(53-36)27-35-14-16-37(54-35)43(29-23-32(47(7,8)9)26-33(24-29)48(10,11)12)39-18-20-41(56-39)44(49(50,51)52)40-19-17-38(42)55-40/h13-27,53-54H,1-12H3. The Morgan fingerprint density at radius 3 is 1.04 bits per heavy atom. The van der Waals surface area contributed by atoms with Gasteiger partial charge in [-0.1, -0.05) is 119 Å². The summed E-state index contributed by atoms with van der Waals surface area (Å²) < 4.78 is 46.1. The van der Waals surface area contributed by atoms with Gasteiger partial charge in [0.25, 0.3) is 0 Å². The van der Waals surface area contributed by atoms with Crippen LogP contribution in [-0.4, -0.2) is 19.9 Å². The summed E-state index contributed by atoms with van der Waals surface area (Å²) in [4.78, 5) is 16.8. The van der Waals surface area contributed by atoms with E-state index >= 15 is 13.2 Å². The minimum atomic E-state index is -4.73. The van der Waals surface area contributed by atoms with E-state index in [2.05, 4.69) is 136 Å². The zero-order valence-electron chi connectivity index (χ0n) is 34.7. The first-order valence-electron chi connectivity index (χ1n) is 19.4. The molecule has 2 aromatic carbocycles. The Balaban J connectivity index is 1.63. The van der Waals surface area contributed by atoms with Crippen molar-refractivity contribution >= 4 is 46.4 Å². The summed E-state index contributed by atoms with van der Waals surface area (Å²) in [5, 5.41) is 0. The third-order valence-corrected chi connectivity index (χ3v) is 10.8. The lowest BCUT2D eigenvalue weighted by Crippen LogP contribution is -2.16. The number of aromatic amines is 2. The van der Waals surface area contributed by atoms with Gasteiger partial charge in [0.1, 0.15) is 5.56 Å². The number of nitrogens with zero attached hydrogens (tertiary/aromatic N) is 2. The van der Waals surface area contributed by atoms with E-state index in [4.69, 9.17) is 9.97 Å². The minimum Gasteiger partial charge on any atom is -0.355 e. The second-order valence-corrected chi connectivity index (χ2v) is 19.5. The average Bonchev–Trinajstić information content (AvgIpc) is 3.89. The van der Waals surface area contributed by atoms with Crippen molar-refractivity contribution in [3.05, 3.63) is 117 Å². The maximum Gasteiger partial charge on any atom is 0.420 e. The van der Waals surface area contributed by atoms with E-state index in [1.54, 1.807) is 12.2 Å². The van der Waals surface area contributed by atoms with Gasteiger partial charge in [-0.25, -0.2) is 9.97 Å². The Labute approximate surface area is 329 Å². The molecule has 0 spiro atoms. The van der Waals surface area contributed by atoms with Gasteiger partial charge in [0.15, 0.2) is 0 Å². The predicted octanol–water partition coefficient (Wildman–Crippen LogP) is 14.2. The van der Waals surface area contributed by atoms with Crippen LogP contribution in [0.5, 0.6) is 0 Å². The van der Waals surface area contributed by atoms with Crippen molar-refractivity contribution in [3.63, 3.8) is 0 Å². The first-order chi connectivity index (χ1) is 25.9. The van der Waals surface area contributed by atoms with Gasteiger partial charge in [-0.2, -0.15) is 13.2 Å². The molecule has 0 fully saturated rings. The van der Waals surface area contributed by atoms with E-state index in [1.807, 2.05) is 24.3 Å². The van der Waals surface area contributed by atoms with Crippen LogP contribution < -0.4 is 0 Å². The number of benzene rings is 2. The number of nitrogens with one attached hydrogen (secondary N) is 2. The van der Waals surface area contributed by atoms with Crippen LogP contribution in [0.25, 0.3) is 68.6 Å². The Morgan fingerprint density at radius 1 is 0.411 bits per heavy atom. The minimum absolute atomic E-state index is 0.170. The van der Waals surface area contributed by atoms with Crippen LogP contribution >= 0.6 is 0 Å². The van der Waals surface area contributed by atoms with Crippen molar-refractivity contribution in [1.29, 1.82) is 0 Å². The lowest BCUT2D eigenvalue weighted by atomic mass is 9.78. The van der Waals surface area contributed by atoms with Gasteiger partial charge in [-0.05, 0) is 110 Å². The van der Waals surface area contributed by atoms with E-state index in [1.165, 1.54) is 12.2 Å². The summed E-state index contributed by atoms with van der Waals surface area (Å²) >= 11 is 0. The first-order valence-corrected chi connectivity index (χ1v) is 19.4. The molecule has 290 valence electrons. The molecule has 56 heavy (non-hydrogen) atoms. The fraction of sp³-hybridized carbons (Fsp3) is 0.347. The number of alkyl halides is 3. The third kappa shape index (κ3) is 7.65. The fourth-order valence-corrected chi connectivity index (χ4v) is 7.31. The van der Waals surface area contributed by atoms with E-state index in [-0.39, 0.29) is 33.0 Å². The molecule has 4 nitrogen and oxygen atoms in total. The molecule has 7 rings (SSSR count). The molecular formula is C49H53F3N4. The zero-order chi connectivity index (χ0) is 40.7. The Morgan fingerprint density at radius 2 is 0.732 bits per heavy atom. The normalized spacial score (nSPS) is 13.8. The Hall–Kier alpha value is -5.17. The molecule has 0 unspecified atom stereocenters. The summed E-state index contributed by atoms with van der Waals surface area (Å²) in [6.45, 7) is 26.1. The molecule has 8 bridgehead atoms. The van der Waals surface area contributed by atoms with E-state index < -0.39 is 11.7 Å². The lowest BCUT2D eigenvalue weighted by molar-refractivity contribution is -0.138. The number of rotatable bonds is 2. The molecule has 2 aliphatic heterocycles. The van der Waals surface area contributed by atoms with Crippen LogP contribution in [0.4, 0.5) is 13.2 Å². The van der Waals surface area contributed by atoms with Crippen molar-refractivity contribution in [2.75, 3.05) is 0 Å². The summed E-state index contributed by atoms with van der Waals surface area (Å²) in [5.74, 6) is 0. The summed E-state index contributed by atoms with van der Waals surface area (Å²) in [7, 11) is 0. The highest BCUT2D eigenvalue weighted by Gasteiger charge is 2.38. The third-order valence-electron chi connectivity index (χ3n) is 10.8. The molecule has 5 aromatic rings. The van der Waals surface area contributed by atoms with Gasteiger partial charge in [-0.3, -0.25) is 0 Å². The van der Waals surface area contributed by atoms with Crippen molar-refractivity contribution in [2.24, 2.45) is 0 Å². The predicted molar refractivity (Wildman–Crippen MR) is 230 cm³/mol. The molecule has 0 saturated carbocycles. The maximum atomic E-state index is 15.4. The number of H-pyrrole nitrogens is 2. The monoisotopic (exact) mass is 754 g/mol. The van der Waals surface area contributed by atoms with Gasteiger partial charge >= 0.3 is 6.18 Å². The average molecular weight is 755 g/mol. The van der Waals surface area contributed by atoms with Gasteiger partial charge in [0.05, 0.1) is 22.8 Å². The van der Waals surface area contributed by atoms with Crippen molar-refractivity contribution < 1.29 is 13.2 Å². The number of hydrogen-bond acceptors (Lipinski definition) is 2. The molecule has 2 N–H and O–H groups in total. The van der Waals surface area contributed by atoms with Gasteiger partial charge in [-0.15, -0.1) is 0 Å². The van der Waals surface area contributed by atoms with E-state index in [0.29, 0.717) is 11.4 Å². The quantitative estimate of drug-likeness (QED) is 0.185. The van der Waals surface area contributed by atoms with Gasteiger partial charge in [0.2, 0.25) is 0 Å². The highest BCUT2D eigenvalue weighted by atomic mass is 19.4.